The second kappa shape index (κ2) is 61.6. The summed E-state index contributed by atoms with van der Waals surface area (Å²) >= 11 is 3.54. The summed E-state index contributed by atoms with van der Waals surface area (Å²) in [5.74, 6) is -23.9. The lowest BCUT2D eigenvalue weighted by molar-refractivity contribution is -0.142. The van der Waals surface area contributed by atoms with Gasteiger partial charge in [0.2, 0.25) is 124 Å². The molecule has 3 aromatic carbocycles. The standard InChI is InChI=1S/C98H141N25O23S4/c1-9-51(4)77(102)96(144)107-54(7)81(129)117-70-48-149-49-71(120-97(145)78(52(5)10-2)121-89(137)65(40-57-25-16-13-17-26-57)113-85(133)62(112-92(70)140)28-19-21-35-100)94(142)122-79-55(8)150-50-72(109-76(127)44-105-95(143)73-29-22-37-123(73)98(79)146)90(138)106-53(6)80(128)111-61(27-18-20-34-99)84(132)110-60(11-3)82(130)104-43-75(126)108-68-47-148-46-67-83(131)103-36-38-147-45-69(93(141)115-64(87(135)118-67)41-58-30-32-59(124)33-31-58)119-88(136)66(42-74(101)125)116-86(134)63(114-91(68)139)39-56-23-14-12-15-24-56/h11-17,23-26,30-33,36,38,51-55,61-73,77-79,124H,9-10,18-22,27-29,34-35,37,39-50,99-100,102H2,1-8H3,(H2,101,125)(H,103,131)(H,104,130)(H,105,143)(H,106,138)(H,107,144)(H,108,126)(H,109,127)(H,110,132)(H,111,128)(H,112,140)(H,113,133)(H,114,139)(H,115,141)(H,116,134)(H,117,129)(H,118,135)(H,119,136)(H,120,145)(H,121,137)(H,122,142)/b38-36+,60-11-. The van der Waals surface area contributed by atoms with E-state index in [-0.39, 0.29) is 99.9 Å². The molecule has 52 heteroatoms. The van der Waals surface area contributed by atoms with Crippen LogP contribution >= 0.6 is 47.0 Å². The summed E-state index contributed by atoms with van der Waals surface area (Å²) in [4.78, 5) is 319. The van der Waals surface area contributed by atoms with Gasteiger partial charge in [0.15, 0.2) is 0 Å². The number of carbonyl (C=O) groups excluding carboxylic acids is 22. The normalized spacial score (nSPS) is 25.1. The number of phenols is 1. The van der Waals surface area contributed by atoms with Crippen LogP contribution in [0.4, 0.5) is 0 Å². The molecule has 4 fully saturated rings. The van der Waals surface area contributed by atoms with Crippen LogP contribution in [0.1, 0.15) is 143 Å². The Morgan fingerprint density at radius 1 is 0.527 bits per heavy atom. The maximum absolute atomic E-state index is 15.6. The number of nitrogens with zero attached hydrogens (tertiary/aromatic N) is 1. The van der Waals surface area contributed by atoms with E-state index in [1.165, 1.54) is 68.5 Å². The van der Waals surface area contributed by atoms with E-state index < -0.39 is 292 Å². The molecule has 22 amide bonds. The lowest BCUT2D eigenvalue weighted by Crippen LogP contribution is -2.63. The molecule has 150 heavy (non-hydrogen) atoms. The Hall–Kier alpha value is -13.4. The summed E-state index contributed by atoms with van der Waals surface area (Å²) in [7, 11) is 0. The zero-order valence-corrected chi connectivity index (χ0v) is 88.2. The first-order valence-electron chi connectivity index (χ1n) is 49.9. The molecule has 2 bridgehead atoms. The van der Waals surface area contributed by atoms with Gasteiger partial charge in [-0.25, -0.2) is 0 Å². The van der Waals surface area contributed by atoms with Crippen molar-refractivity contribution in [2.75, 3.05) is 67.2 Å². The highest BCUT2D eigenvalue weighted by Gasteiger charge is 2.45. The number of hydrogen-bond donors (Lipinski definition) is 25. The third kappa shape index (κ3) is 38.5. The highest BCUT2D eigenvalue weighted by atomic mass is 32.2. The highest BCUT2D eigenvalue weighted by Crippen LogP contribution is 2.27. The van der Waals surface area contributed by atoms with Gasteiger partial charge in [0.1, 0.15) is 114 Å². The summed E-state index contributed by atoms with van der Waals surface area (Å²) in [5.41, 5.74) is 24.6. The number of amides is 22. The molecular formula is C98H141N25O23S4. The number of aromatic hydroxyl groups is 1. The average molecular weight is 2170 g/mol. The molecule has 5 heterocycles. The van der Waals surface area contributed by atoms with Gasteiger partial charge in [-0.05, 0) is 131 Å². The Balaban J connectivity index is 1.01. The van der Waals surface area contributed by atoms with Crippen LogP contribution in [0.25, 0.3) is 0 Å². The molecule has 21 atom stereocenters. The third-order valence-electron chi connectivity index (χ3n) is 25.5. The Kier molecular flexibility index (Phi) is 50.0. The number of hydrogen-bond acceptors (Lipinski definition) is 30. The van der Waals surface area contributed by atoms with E-state index in [9.17, 15) is 96.2 Å². The van der Waals surface area contributed by atoms with E-state index in [1.807, 2.05) is 6.92 Å². The van der Waals surface area contributed by atoms with Crippen LogP contribution in [0.2, 0.25) is 0 Å². The molecule has 3 aromatic rings. The first-order chi connectivity index (χ1) is 71.5. The van der Waals surface area contributed by atoms with Crippen LogP contribution in [0.5, 0.6) is 5.75 Å². The number of fused-ring (bicyclic) bond motifs is 7. The molecule has 0 spiro atoms. The number of carbonyl (C=O) groups is 22. The van der Waals surface area contributed by atoms with Crippen LogP contribution in [0, 0.1) is 11.8 Å². The maximum atomic E-state index is 15.6. The molecule has 0 aliphatic carbocycles. The molecule has 4 saturated heterocycles. The van der Waals surface area contributed by atoms with Crippen molar-refractivity contribution in [1.82, 2.24) is 111 Å². The number of nitrogens with one attached hydrogen (secondary N) is 20. The number of benzene rings is 3. The monoisotopic (exact) mass is 2160 g/mol. The smallest absolute Gasteiger partial charge is 0.267 e. The Labute approximate surface area is 885 Å². The van der Waals surface area contributed by atoms with Gasteiger partial charge in [-0.1, -0.05) is 126 Å². The molecule has 0 saturated carbocycles. The predicted molar refractivity (Wildman–Crippen MR) is 560 cm³/mol. The van der Waals surface area contributed by atoms with Crippen molar-refractivity contribution in [2.24, 2.45) is 34.8 Å². The van der Waals surface area contributed by atoms with E-state index in [1.54, 1.807) is 81.4 Å². The second-order valence-corrected chi connectivity index (χ2v) is 41.6. The number of rotatable bonds is 36. The molecule has 48 nitrogen and oxygen atoms in total. The number of phenolic OH excluding ortho intramolecular Hbond substituents is 1. The van der Waals surface area contributed by atoms with Gasteiger partial charge in [0.25, 0.3) is 5.91 Å². The molecule has 8 rings (SSSR count). The molecule has 0 aromatic heterocycles. The van der Waals surface area contributed by atoms with Crippen molar-refractivity contribution in [2.45, 2.75) is 259 Å². The highest BCUT2D eigenvalue weighted by molar-refractivity contribution is 8.02. The van der Waals surface area contributed by atoms with Gasteiger partial charge < -0.3 is 139 Å². The molecule has 5 aliphatic heterocycles. The van der Waals surface area contributed by atoms with Crippen molar-refractivity contribution in [1.29, 1.82) is 0 Å². The van der Waals surface area contributed by atoms with Crippen molar-refractivity contribution >= 4 is 177 Å². The molecule has 0 radical (unpaired) electrons. The molecule has 21 unspecified atom stereocenters. The summed E-state index contributed by atoms with van der Waals surface area (Å²) in [6, 6.07) is -4.37. The van der Waals surface area contributed by atoms with E-state index >= 15 is 14.4 Å². The summed E-state index contributed by atoms with van der Waals surface area (Å²) in [5, 5.41) is 62.5. The zero-order chi connectivity index (χ0) is 110. The average Bonchev–Trinajstić information content (AvgIpc) is 1.62. The topological polar surface area (TPSA) is 744 Å². The van der Waals surface area contributed by atoms with Gasteiger partial charge in [-0.2, -0.15) is 35.3 Å². The van der Waals surface area contributed by atoms with E-state index in [2.05, 4.69) is 106 Å². The van der Waals surface area contributed by atoms with Crippen LogP contribution in [0.15, 0.2) is 108 Å². The van der Waals surface area contributed by atoms with Gasteiger partial charge >= 0.3 is 0 Å². The minimum Gasteiger partial charge on any atom is -0.508 e. The lowest BCUT2D eigenvalue weighted by Gasteiger charge is -2.33. The Bertz CT molecular complexity index is 5330. The van der Waals surface area contributed by atoms with Crippen LogP contribution in [-0.4, -0.2) is 321 Å². The third-order valence-corrected chi connectivity index (χ3v) is 30.0. The number of unbranched alkanes of at least 4 members (excludes halogenated alkanes) is 2. The minimum absolute atomic E-state index is 0.00166. The van der Waals surface area contributed by atoms with Crippen molar-refractivity contribution < 1.29 is 111 Å². The van der Waals surface area contributed by atoms with E-state index in [0.29, 0.717) is 48.8 Å². The molecule has 5 aliphatic rings. The second-order valence-electron chi connectivity index (χ2n) is 37.1. The fourth-order valence-corrected chi connectivity index (χ4v) is 20.2. The van der Waals surface area contributed by atoms with Crippen molar-refractivity contribution in [3.05, 3.63) is 125 Å². The van der Waals surface area contributed by atoms with Crippen molar-refractivity contribution in [3.63, 3.8) is 0 Å². The lowest BCUT2D eigenvalue weighted by atomic mass is 9.96. The maximum Gasteiger partial charge on any atom is 0.267 e. The van der Waals surface area contributed by atoms with E-state index in [0.717, 1.165) is 53.1 Å². The number of primary amides is 1. The van der Waals surface area contributed by atoms with Gasteiger partial charge in [-0.3, -0.25) is 105 Å². The Morgan fingerprint density at radius 2 is 1.07 bits per heavy atom. The first-order valence-corrected chi connectivity index (χ1v) is 54.3. The molecular weight excluding hydrogens is 2020 g/mol. The zero-order valence-electron chi connectivity index (χ0n) is 84.9. The quantitative estimate of drug-likeness (QED) is 0.0190. The van der Waals surface area contributed by atoms with Crippen LogP contribution < -0.4 is 129 Å². The van der Waals surface area contributed by atoms with Crippen LogP contribution in [-0.2, 0) is 125 Å². The minimum atomic E-state index is -1.80. The van der Waals surface area contributed by atoms with Crippen LogP contribution in [0.3, 0.4) is 0 Å². The number of allylic oxidation sites excluding steroid dienone is 1. The SMILES string of the molecule is C/C=C(\NC(=O)C(CCCCN)NC(=O)C(C)NC(=O)C1CSC(C)C(NC(=O)C2CSCC(NC(=O)C(C)NC(=O)C(N)C(C)CC)C(=O)NC(CCCCN)C(=O)NC(Cc3ccccc3)C(=O)NC(C(C)CC)C(=O)N2)C(=O)N2CCCC2C(=O)NCC(=O)N1)C(=O)NCC(=O)NC1CSCC2NC(=O)C(Cc3ccc(O)cc3)NC(=O)C(CS/C=C/NC2=O)NC(=O)C(CC(N)=O)NC(=O)C(Cc2ccccc2)NC1=O. The van der Waals surface area contributed by atoms with Gasteiger partial charge in [0.05, 0.1) is 25.6 Å². The van der Waals surface area contributed by atoms with Gasteiger partial charge in [0, 0.05) is 71.8 Å². The molecule has 820 valence electrons. The summed E-state index contributed by atoms with van der Waals surface area (Å²) < 4.78 is 0. The largest absolute Gasteiger partial charge is 0.508 e. The predicted octanol–water partition coefficient (Wildman–Crippen LogP) is -6.02. The number of nitrogens with two attached hydrogens (primary N) is 4. The fraction of sp³-hybridized carbons (Fsp3) is 0.551. The summed E-state index contributed by atoms with van der Waals surface area (Å²) in [6.45, 7) is 11.1. The van der Waals surface area contributed by atoms with E-state index in [4.69, 9.17) is 22.9 Å². The summed E-state index contributed by atoms with van der Waals surface area (Å²) in [6.07, 6.45) is 3.17. The van der Waals surface area contributed by atoms with Gasteiger partial charge in [-0.15, -0.1) is 11.8 Å². The first kappa shape index (κ1) is 122. The van der Waals surface area contributed by atoms with Crippen molar-refractivity contribution in [3.8, 4) is 5.75 Å². The number of thioether (sulfide) groups is 4. The molecule has 29 N–H and O–H groups in total. The Morgan fingerprint density at radius 3 is 1.69 bits per heavy atom. The fourth-order valence-electron chi connectivity index (χ4n) is 16.2.